The monoisotopic (exact) mass is 395 g/mol. The van der Waals surface area contributed by atoms with Crippen LogP contribution in [0.25, 0.3) is 10.9 Å². The second-order valence-corrected chi connectivity index (χ2v) is 8.03. The van der Waals surface area contributed by atoms with Crippen LogP contribution in [0.1, 0.15) is 31.7 Å². The molecule has 0 saturated carbocycles. The van der Waals surface area contributed by atoms with Gasteiger partial charge in [-0.3, -0.25) is 9.88 Å². The van der Waals surface area contributed by atoms with E-state index >= 15 is 0 Å². The van der Waals surface area contributed by atoms with Gasteiger partial charge in [-0.1, -0.05) is 13.0 Å². The normalized spacial score (nSPS) is 27.9. The van der Waals surface area contributed by atoms with Gasteiger partial charge in [0, 0.05) is 24.2 Å². The third-order valence-corrected chi connectivity index (χ3v) is 6.84. The van der Waals surface area contributed by atoms with Crippen LogP contribution in [-0.4, -0.2) is 42.3 Å². The van der Waals surface area contributed by atoms with Gasteiger partial charge in [0.15, 0.2) is 0 Å². The number of pyridine rings is 1. The largest absolute Gasteiger partial charge is 0.537 e. The van der Waals surface area contributed by atoms with Gasteiger partial charge in [0.1, 0.15) is 5.75 Å². The van der Waals surface area contributed by atoms with Crippen LogP contribution < -0.4 is 9.84 Å². The molecule has 6 heteroatoms. The third kappa shape index (κ3) is 3.25. The Hall–Kier alpha value is -2.60. The molecule has 0 aliphatic carbocycles. The molecule has 29 heavy (non-hydrogen) atoms. The van der Waals surface area contributed by atoms with Crippen LogP contribution in [0.5, 0.6) is 5.75 Å². The number of carboxylic acid groups (broad SMARTS) is 1. The van der Waals surface area contributed by atoms with E-state index in [0.717, 1.165) is 42.4 Å². The molecule has 6 nitrogen and oxygen atoms in total. The zero-order chi connectivity index (χ0) is 20.6. The van der Waals surface area contributed by atoms with Crippen LogP contribution in [0.2, 0.25) is 0 Å². The summed E-state index contributed by atoms with van der Waals surface area (Å²) >= 11 is 0. The van der Waals surface area contributed by atoms with Gasteiger partial charge >= 0.3 is 0 Å². The number of nitrogens with zero attached hydrogens (tertiary/aromatic N) is 2. The number of hydrogen-bond acceptors (Lipinski definition) is 6. The summed E-state index contributed by atoms with van der Waals surface area (Å²) in [5.41, 5.74) is 0.570. The van der Waals surface area contributed by atoms with E-state index in [1.165, 1.54) is 0 Å². The molecular weight excluding hydrogens is 368 g/mol. The van der Waals surface area contributed by atoms with Crippen molar-refractivity contribution in [2.45, 2.75) is 37.8 Å². The number of aromatic nitrogens is 1. The number of benzene rings is 1. The number of carbonyl (C=O) groups excluding carboxylic acids is 1. The van der Waals surface area contributed by atoms with Crippen molar-refractivity contribution in [3.8, 4) is 5.75 Å². The Morgan fingerprint density at radius 2 is 2.28 bits per heavy atom. The Balaban J connectivity index is 1.88. The highest BCUT2D eigenvalue weighted by Gasteiger charge is 2.49. The van der Waals surface area contributed by atoms with E-state index in [0.29, 0.717) is 24.0 Å². The highest BCUT2D eigenvalue weighted by Crippen LogP contribution is 2.48. The van der Waals surface area contributed by atoms with Crippen molar-refractivity contribution >= 4 is 17.1 Å². The van der Waals surface area contributed by atoms with Gasteiger partial charge in [0.05, 0.1) is 18.2 Å². The third-order valence-electron chi connectivity index (χ3n) is 6.84. The minimum absolute atomic E-state index is 0.0582. The number of carbonyl (C=O) groups is 1. The van der Waals surface area contributed by atoms with Gasteiger partial charge in [-0.05, 0) is 67.5 Å². The van der Waals surface area contributed by atoms with Crippen LogP contribution in [0.15, 0.2) is 43.1 Å². The SMILES string of the molecule is C=CC1CN2CCC1CC2C(CC)(OC(=O)[O-])c1ccnc2ccc(OC)cc12. The fourth-order valence-corrected chi connectivity index (χ4v) is 5.39. The number of fused-ring (bicyclic) bond motifs is 4. The lowest BCUT2D eigenvalue weighted by molar-refractivity contribution is -0.303. The highest BCUT2D eigenvalue weighted by atomic mass is 16.7. The minimum Gasteiger partial charge on any atom is -0.537 e. The highest BCUT2D eigenvalue weighted by molar-refractivity contribution is 5.84. The molecule has 5 rings (SSSR count). The molecule has 5 atom stereocenters. The summed E-state index contributed by atoms with van der Waals surface area (Å²) in [6.45, 7) is 7.78. The lowest BCUT2D eigenvalue weighted by atomic mass is 9.68. The second kappa shape index (κ2) is 7.67. The molecule has 1 aromatic heterocycles. The van der Waals surface area contributed by atoms with Gasteiger partial charge < -0.3 is 19.4 Å². The van der Waals surface area contributed by atoms with Crippen molar-refractivity contribution in [2.24, 2.45) is 11.8 Å². The Kier molecular flexibility index (Phi) is 5.21. The second-order valence-electron chi connectivity index (χ2n) is 8.03. The van der Waals surface area contributed by atoms with Crippen molar-refractivity contribution in [1.29, 1.82) is 0 Å². The average Bonchev–Trinajstić information content (AvgIpc) is 2.76. The van der Waals surface area contributed by atoms with Crippen LogP contribution in [0, 0.1) is 11.8 Å². The molecule has 3 aliphatic heterocycles. The van der Waals surface area contributed by atoms with Crippen molar-refractivity contribution in [3.63, 3.8) is 0 Å². The number of methoxy groups -OCH3 is 1. The van der Waals surface area contributed by atoms with Crippen molar-refractivity contribution < 1.29 is 19.4 Å². The zero-order valence-electron chi connectivity index (χ0n) is 17.0. The molecule has 154 valence electrons. The smallest absolute Gasteiger partial charge is 0.252 e. The molecule has 0 N–H and O–H groups in total. The lowest BCUT2D eigenvalue weighted by Gasteiger charge is -2.57. The predicted molar refractivity (Wildman–Crippen MR) is 109 cm³/mol. The van der Waals surface area contributed by atoms with E-state index < -0.39 is 11.8 Å². The molecular formula is C23H27N2O4-. The van der Waals surface area contributed by atoms with Crippen LogP contribution in [0.4, 0.5) is 4.79 Å². The van der Waals surface area contributed by atoms with Crippen molar-refractivity contribution in [2.75, 3.05) is 20.2 Å². The number of hydrogen-bond donors (Lipinski definition) is 0. The molecule has 5 unspecified atom stereocenters. The Bertz CT molecular complexity index is 930. The first-order chi connectivity index (χ1) is 14.0. The van der Waals surface area contributed by atoms with Crippen LogP contribution in [-0.2, 0) is 10.3 Å². The molecule has 2 bridgehead atoms. The number of ether oxygens (including phenoxy) is 2. The summed E-state index contributed by atoms with van der Waals surface area (Å²) < 4.78 is 11.1. The maximum absolute atomic E-state index is 11.8. The van der Waals surface area contributed by atoms with E-state index in [2.05, 4.69) is 16.5 Å². The van der Waals surface area contributed by atoms with Crippen LogP contribution >= 0.6 is 0 Å². The Labute approximate surface area is 171 Å². The van der Waals surface area contributed by atoms with E-state index in [-0.39, 0.29) is 6.04 Å². The summed E-state index contributed by atoms with van der Waals surface area (Å²) in [5, 5.41) is 12.6. The minimum atomic E-state index is -1.50. The standard InChI is InChI=1S/C23H28N2O4/c1-4-15-14-25-11-9-16(15)12-21(25)23(5-2,29-22(26)27)19-8-10-24-20-7-6-17(28-3)13-18(19)20/h4,6-8,10,13,15-16,21H,1,5,9,11-12,14H2,2-3H3,(H,26,27)/p-1. The average molecular weight is 395 g/mol. The molecule has 2 aromatic rings. The lowest BCUT2D eigenvalue weighted by Crippen LogP contribution is -2.62. The molecule has 0 spiro atoms. The maximum atomic E-state index is 11.8. The summed E-state index contributed by atoms with van der Waals surface area (Å²) in [5.74, 6) is 1.62. The van der Waals surface area contributed by atoms with Crippen molar-refractivity contribution in [1.82, 2.24) is 9.88 Å². The topological polar surface area (TPSA) is 74.7 Å². The van der Waals surface area contributed by atoms with Crippen LogP contribution in [0.3, 0.4) is 0 Å². The van der Waals surface area contributed by atoms with E-state index in [9.17, 15) is 9.90 Å². The fourth-order valence-electron chi connectivity index (χ4n) is 5.39. The molecule has 0 radical (unpaired) electrons. The first-order valence-electron chi connectivity index (χ1n) is 10.2. The molecule has 0 amide bonds. The zero-order valence-corrected chi connectivity index (χ0v) is 17.0. The first kappa shape index (κ1) is 19.7. The Morgan fingerprint density at radius 1 is 1.45 bits per heavy atom. The predicted octanol–water partition coefficient (Wildman–Crippen LogP) is 3.11. The molecule has 3 saturated heterocycles. The summed E-state index contributed by atoms with van der Waals surface area (Å²) in [6, 6.07) is 7.47. The number of piperidine rings is 3. The molecule has 3 fully saturated rings. The van der Waals surface area contributed by atoms with Crippen molar-refractivity contribution in [3.05, 3.63) is 48.7 Å². The summed E-state index contributed by atoms with van der Waals surface area (Å²) in [6.07, 6.45) is 4.73. The van der Waals surface area contributed by atoms with Gasteiger partial charge in [0.25, 0.3) is 6.16 Å². The fraction of sp³-hybridized carbons (Fsp3) is 0.478. The maximum Gasteiger partial charge on any atom is 0.252 e. The molecule has 3 aliphatic rings. The molecule has 4 heterocycles. The van der Waals surface area contributed by atoms with E-state index in [1.807, 2.05) is 37.3 Å². The van der Waals surface area contributed by atoms with E-state index in [1.54, 1.807) is 13.3 Å². The van der Waals surface area contributed by atoms with Gasteiger partial charge in [-0.2, -0.15) is 0 Å². The summed E-state index contributed by atoms with van der Waals surface area (Å²) in [4.78, 5) is 18.6. The van der Waals surface area contributed by atoms with Gasteiger partial charge in [-0.25, -0.2) is 0 Å². The summed E-state index contributed by atoms with van der Waals surface area (Å²) in [7, 11) is 1.61. The van der Waals surface area contributed by atoms with E-state index in [4.69, 9.17) is 9.47 Å². The van der Waals surface area contributed by atoms with Gasteiger partial charge in [-0.15, -0.1) is 6.58 Å². The quantitative estimate of drug-likeness (QED) is 0.553. The number of rotatable bonds is 6. The first-order valence-corrected chi connectivity index (χ1v) is 10.2. The van der Waals surface area contributed by atoms with Gasteiger partial charge in [0.2, 0.25) is 0 Å². The molecule has 1 aromatic carbocycles. The Morgan fingerprint density at radius 3 is 2.90 bits per heavy atom.